The maximum atomic E-state index is 11.6. The van der Waals surface area contributed by atoms with Gasteiger partial charge >= 0.3 is 0 Å². The Morgan fingerprint density at radius 2 is 2.06 bits per heavy atom. The molecule has 0 aliphatic rings. The number of hydrogen-bond donors (Lipinski definition) is 3. The van der Waals surface area contributed by atoms with Gasteiger partial charge in [0.25, 0.3) is 5.91 Å². The number of hydrogen-bond acceptors (Lipinski definition) is 4. The van der Waals surface area contributed by atoms with Gasteiger partial charge < -0.3 is 14.5 Å². The summed E-state index contributed by atoms with van der Waals surface area (Å²) in [6.45, 7) is 1.83. The van der Waals surface area contributed by atoms with Gasteiger partial charge in [-0.2, -0.15) is 0 Å². The Morgan fingerprint density at radius 1 is 1.33 bits per heavy atom. The number of rotatable bonds is 3. The Labute approximate surface area is 104 Å². The molecule has 96 valence electrons. The van der Waals surface area contributed by atoms with Crippen LogP contribution in [0.1, 0.15) is 16.1 Å². The van der Waals surface area contributed by atoms with Crippen LogP contribution in [-0.2, 0) is 0 Å². The van der Waals surface area contributed by atoms with E-state index < -0.39 is 0 Å². The lowest BCUT2D eigenvalue weighted by Gasteiger charge is -2.06. The molecule has 4 N–H and O–H groups in total. The molecule has 1 amide bonds. The van der Waals surface area contributed by atoms with Crippen LogP contribution in [0, 0.1) is 6.92 Å². The van der Waals surface area contributed by atoms with Crippen LogP contribution in [0.5, 0.6) is 11.5 Å². The molecule has 2 rings (SSSR count). The summed E-state index contributed by atoms with van der Waals surface area (Å²) in [6, 6.07) is 3.57. The molecular weight excluding hydrogens is 234 g/mol. The van der Waals surface area contributed by atoms with Crippen molar-refractivity contribution < 1.29 is 14.3 Å². The fourth-order valence-corrected chi connectivity index (χ4v) is 2.01. The zero-order valence-corrected chi connectivity index (χ0v) is 10.5. The van der Waals surface area contributed by atoms with Crippen molar-refractivity contribution in [3.05, 3.63) is 23.4 Å². The minimum atomic E-state index is -0.371. The average molecular weight is 249 g/mol. The molecule has 6 nitrogen and oxygen atoms in total. The predicted molar refractivity (Wildman–Crippen MR) is 67.8 cm³/mol. The van der Waals surface area contributed by atoms with Gasteiger partial charge in [-0.3, -0.25) is 10.2 Å². The van der Waals surface area contributed by atoms with E-state index >= 15 is 0 Å². The average Bonchev–Trinajstić information content (AvgIpc) is 2.74. The quantitative estimate of drug-likeness (QED) is 0.431. The zero-order chi connectivity index (χ0) is 13.3. The molecule has 0 saturated heterocycles. The standard InChI is InChI=1S/C12H15N3O3/c1-6-10-8(14-11(6)12(16)15-13)4-7(17-2)5-9(10)18-3/h4-5,14H,13H2,1-3H3,(H,15,16). The number of nitrogen functional groups attached to an aromatic ring is 1. The summed E-state index contributed by atoms with van der Waals surface area (Å²) in [5, 5.41) is 0.844. The molecule has 6 heteroatoms. The van der Waals surface area contributed by atoms with Gasteiger partial charge in [-0.1, -0.05) is 0 Å². The van der Waals surface area contributed by atoms with Crippen molar-refractivity contribution in [3.63, 3.8) is 0 Å². The molecule has 1 heterocycles. The van der Waals surface area contributed by atoms with Crippen molar-refractivity contribution in [2.45, 2.75) is 6.92 Å². The highest BCUT2D eigenvalue weighted by atomic mass is 16.5. The number of carbonyl (C=O) groups is 1. The smallest absolute Gasteiger partial charge is 0.281 e. The number of nitrogens with two attached hydrogens (primary N) is 1. The Bertz CT molecular complexity index is 604. The summed E-state index contributed by atoms with van der Waals surface area (Å²) in [6.07, 6.45) is 0. The van der Waals surface area contributed by atoms with Gasteiger partial charge in [-0.05, 0) is 12.5 Å². The molecule has 1 aromatic heterocycles. The van der Waals surface area contributed by atoms with Crippen molar-refractivity contribution in [2.75, 3.05) is 14.2 Å². The summed E-state index contributed by atoms with van der Waals surface area (Å²) in [5.74, 6) is 6.08. The lowest BCUT2D eigenvalue weighted by atomic mass is 10.1. The van der Waals surface area contributed by atoms with Crippen LogP contribution >= 0.6 is 0 Å². The number of hydrazine groups is 1. The summed E-state index contributed by atoms with van der Waals surface area (Å²) in [5.41, 5.74) is 4.07. The third-order valence-electron chi connectivity index (χ3n) is 2.90. The molecule has 0 atom stereocenters. The van der Waals surface area contributed by atoms with Crippen LogP contribution in [0.2, 0.25) is 0 Å². The number of H-pyrrole nitrogens is 1. The molecule has 0 aliphatic carbocycles. The number of benzene rings is 1. The maximum absolute atomic E-state index is 11.6. The molecule has 0 spiro atoms. The first-order valence-electron chi connectivity index (χ1n) is 5.37. The van der Waals surface area contributed by atoms with E-state index in [2.05, 4.69) is 10.4 Å². The van der Waals surface area contributed by atoms with Gasteiger partial charge in [0.15, 0.2) is 0 Å². The first-order valence-corrected chi connectivity index (χ1v) is 5.37. The maximum Gasteiger partial charge on any atom is 0.281 e. The number of aryl methyl sites for hydroxylation is 1. The van der Waals surface area contributed by atoms with E-state index in [0.717, 1.165) is 16.5 Å². The van der Waals surface area contributed by atoms with E-state index in [1.54, 1.807) is 26.4 Å². The number of nitrogens with one attached hydrogen (secondary N) is 2. The summed E-state index contributed by atoms with van der Waals surface area (Å²) in [7, 11) is 3.15. The van der Waals surface area contributed by atoms with Gasteiger partial charge in [0.2, 0.25) is 0 Å². The van der Waals surface area contributed by atoms with E-state index in [1.807, 2.05) is 6.92 Å². The van der Waals surface area contributed by atoms with E-state index in [0.29, 0.717) is 17.2 Å². The third-order valence-corrected chi connectivity index (χ3v) is 2.90. The predicted octanol–water partition coefficient (Wildman–Crippen LogP) is 1.10. The Morgan fingerprint density at radius 3 is 2.61 bits per heavy atom. The Balaban J connectivity index is 2.74. The molecular formula is C12H15N3O3. The molecule has 0 saturated carbocycles. The molecule has 1 aromatic carbocycles. The fourth-order valence-electron chi connectivity index (χ4n) is 2.01. The first-order chi connectivity index (χ1) is 8.62. The Hall–Kier alpha value is -2.21. The largest absolute Gasteiger partial charge is 0.497 e. The van der Waals surface area contributed by atoms with E-state index in [1.165, 1.54) is 0 Å². The van der Waals surface area contributed by atoms with Gasteiger partial charge in [-0.15, -0.1) is 0 Å². The summed E-state index contributed by atoms with van der Waals surface area (Å²) >= 11 is 0. The fraction of sp³-hybridized carbons (Fsp3) is 0.250. The van der Waals surface area contributed by atoms with Crippen molar-refractivity contribution in [3.8, 4) is 11.5 Å². The second kappa shape index (κ2) is 4.58. The van der Waals surface area contributed by atoms with Crippen molar-refractivity contribution in [1.82, 2.24) is 10.4 Å². The van der Waals surface area contributed by atoms with Crippen LogP contribution < -0.4 is 20.7 Å². The van der Waals surface area contributed by atoms with Crippen LogP contribution in [0.15, 0.2) is 12.1 Å². The van der Waals surface area contributed by atoms with Crippen LogP contribution in [0.4, 0.5) is 0 Å². The number of ether oxygens (including phenoxy) is 2. The third kappa shape index (κ3) is 1.76. The number of amides is 1. The van der Waals surface area contributed by atoms with E-state index in [4.69, 9.17) is 15.3 Å². The molecule has 0 fully saturated rings. The molecule has 0 bridgehead atoms. The monoisotopic (exact) mass is 249 g/mol. The van der Waals surface area contributed by atoms with Crippen molar-refractivity contribution in [1.29, 1.82) is 0 Å². The molecule has 18 heavy (non-hydrogen) atoms. The van der Waals surface area contributed by atoms with E-state index in [-0.39, 0.29) is 5.91 Å². The highest BCUT2D eigenvalue weighted by molar-refractivity contribution is 6.02. The van der Waals surface area contributed by atoms with Crippen LogP contribution in [-0.4, -0.2) is 25.1 Å². The second-order valence-electron chi connectivity index (χ2n) is 3.85. The highest BCUT2D eigenvalue weighted by Crippen LogP contribution is 2.34. The number of fused-ring (bicyclic) bond motifs is 1. The second-order valence-corrected chi connectivity index (χ2v) is 3.85. The summed E-state index contributed by atoms with van der Waals surface area (Å²) < 4.78 is 10.5. The number of aromatic amines is 1. The van der Waals surface area contributed by atoms with Gasteiger partial charge in [-0.25, -0.2) is 5.84 Å². The van der Waals surface area contributed by atoms with Crippen molar-refractivity contribution >= 4 is 16.8 Å². The lowest BCUT2D eigenvalue weighted by molar-refractivity contribution is 0.0949. The topological polar surface area (TPSA) is 89.4 Å². The molecule has 0 unspecified atom stereocenters. The van der Waals surface area contributed by atoms with Crippen molar-refractivity contribution in [2.24, 2.45) is 5.84 Å². The number of carbonyl (C=O) groups excluding carboxylic acids is 1. The van der Waals surface area contributed by atoms with Gasteiger partial charge in [0.05, 0.1) is 19.7 Å². The SMILES string of the molecule is COc1cc(OC)c2c(C)c(C(=O)NN)[nH]c2c1. The molecule has 0 aliphatic heterocycles. The van der Waals surface area contributed by atoms with Gasteiger partial charge in [0, 0.05) is 17.5 Å². The number of aromatic nitrogens is 1. The number of methoxy groups -OCH3 is 2. The summed E-state index contributed by atoms with van der Waals surface area (Å²) in [4.78, 5) is 14.6. The first kappa shape index (κ1) is 12.3. The minimum absolute atomic E-state index is 0.371. The van der Waals surface area contributed by atoms with Crippen LogP contribution in [0.3, 0.4) is 0 Å². The van der Waals surface area contributed by atoms with Gasteiger partial charge in [0.1, 0.15) is 17.2 Å². The molecule has 2 aromatic rings. The highest BCUT2D eigenvalue weighted by Gasteiger charge is 2.17. The van der Waals surface area contributed by atoms with E-state index in [9.17, 15) is 4.79 Å². The minimum Gasteiger partial charge on any atom is -0.497 e. The van der Waals surface area contributed by atoms with Crippen LogP contribution in [0.25, 0.3) is 10.9 Å². The molecule has 0 radical (unpaired) electrons. The normalized spacial score (nSPS) is 10.4. The lowest BCUT2D eigenvalue weighted by Crippen LogP contribution is -2.30. The Kier molecular flexibility index (Phi) is 3.12. The zero-order valence-electron chi connectivity index (χ0n) is 10.5.